The van der Waals surface area contributed by atoms with Crippen molar-refractivity contribution in [2.45, 2.75) is 32.0 Å². The Morgan fingerprint density at radius 3 is 1.89 bits per heavy atom. The maximum absolute atomic E-state index is 6.08. The average molecular weight is 383 g/mol. The van der Waals surface area contributed by atoms with Crippen molar-refractivity contribution in [3.05, 3.63) is 71.8 Å². The minimum atomic E-state index is -0.245. The molecule has 1 saturated carbocycles. The van der Waals surface area contributed by atoms with Gasteiger partial charge in [0.25, 0.3) is 0 Å². The van der Waals surface area contributed by atoms with Gasteiger partial charge in [-0.25, -0.2) is 0 Å². The second kappa shape index (κ2) is 8.60. The smallest absolute Gasteiger partial charge is 0.183 e. The van der Waals surface area contributed by atoms with E-state index in [9.17, 15) is 0 Å². The Morgan fingerprint density at radius 1 is 0.778 bits per heavy atom. The van der Waals surface area contributed by atoms with Crippen LogP contribution >= 0.6 is 11.6 Å². The largest absolute Gasteiger partial charge is 0.348 e. The lowest BCUT2D eigenvalue weighted by molar-refractivity contribution is -0.214. The van der Waals surface area contributed by atoms with Crippen LogP contribution in [0.4, 0.5) is 0 Å². The molecule has 1 aliphatic carbocycles. The summed E-state index contributed by atoms with van der Waals surface area (Å²) < 4.78 is 12.2. The van der Waals surface area contributed by atoms with E-state index >= 15 is 0 Å². The number of benzene rings is 2. The third-order valence-electron chi connectivity index (χ3n) is 6.10. The predicted molar refractivity (Wildman–Crippen MR) is 111 cm³/mol. The summed E-state index contributed by atoms with van der Waals surface area (Å²) in [6.07, 6.45) is 6.95. The second-order valence-electron chi connectivity index (χ2n) is 7.80. The van der Waals surface area contributed by atoms with Crippen LogP contribution in [0.2, 0.25) is 5.02 Å². The van der Waals surface area contributed by atoms with Gasteiger partial charge in [0, 0.05) is 16.5 Å². The lowest BCUT2D eigenvalue weighted by Crippen LogP contribution is -2.34. The van der Waals surface area contributed by atoms with E-state index < -0.39 is 0 Å². The van der Waals surface area contributed by atoms with Crippen LogP contribution in [-0.2, 0) is 9.47 Å². The number of hydrogen-bond donors (Lipinski definition) is 0. The summed E-state index contributed by atoms with van der Waals surface area (Å²) in [4.78, 5) is 0. The van der Waals surface area contributed by atoms with Crippen LogP contribution in [0.3, 0.4) is 0 Å². The minimum absolute atomic E-state index is 0.245. The lowest BCUT2D eigenvalue weighted by atomic mass is 9.76. The average Bonchev–Trinajstić information content (AvgIpc) is 2.75. The van der Waals surface area contributed by atoms with Gasteiger partial charge in [-0.15, -0.1) is 6.58 Å². The Balaban J connectivity index is 1.33. The molecule has 2 aromatic carbocycles. The molecular formula is C24H27ClO2. The van der Waals surface area contributed by atoms with Gasteiger partial charge in [-0.05, 0) is 60.8 Å². The molecule has 0 bridgehead atoms. The van der Waals surface area contributed by atoms with Crippen LogP contribution in [0.1, 0.15) is 37.5 Å². The predicted octanol–water partition coefficient (Wildman–Crippen LogP) is 6.66. The van der Waals surface area contributed by atoms with Crippen molar-refractivity contribution in [1.29, 1.82) is 0 Å². The van der Waals surface area contributed by atoms with Crippen LogP contribution in [0, 0.1) is 17.8 Å². The maximum Gasteiger partial charge on any atom is 0.183 e. The van der Waals surface area contributed by atoms with Crippen molar-refractivity contribution in [3.63, 3.8) is 0 Å². The third kappa shape index (κ3) is 4.45. The van der Waals surface area contributed by atoms with Gasteiger partial charge in [0.2, 0.25) is 0 Å². The molecule has 142 valence electrons. The molecule has 0 radical (unpaired) electrons. The van der Waals surface area contributed by atoms with Gasteiger partial charge in [-0.2, -0.15) is 0 Å². The molecule has 2 aliphatic rings. The molecule has 27 heavy (non-hydrogen) atoms. The molecule has 1 aliphatic heterocycles. The first-order valence-electron chi connectivity index (χ1n) is 9.94. The van der Waals surface area contributed by atoms with Gasteiger partial charge in [0.15, 0.2) is 6.29 Å². The molecular weight excluding hydrogens is 356 g/mol. The first kappa shape index (κ1) is 18.7. The van der Waals surface area contributed by atoms with Crippen LogP contribution in [0.25, 0.3) is 11.1 Å². The van der Waals surface area contributed by atoms with Gasteiger partial charge in [-0.1, -0.05) is 54.1 Å². The van der Waals surface area contributed by atoms with Crippen molar-refractivity contribution >= 4 is 11.6 Å². The molecule has 2 nitrogen and oxygen atoms in total. The molecule has 0 atom stereocenters. The SMILES string of the molecule is C=C[C@H]1CC[C@H]([C@H]2CO[C@H](c3ccc(-c4ccc(Cl)cc4)cc3)OC2)CC1. The van der Waals surface area contributed by atoms with E-state index in [0.29, 0.717) is 11.8 Å². The number of halogens is 1. The van der Waals surface area contributed by atoms with Crippen molar-refractivity contribution < 1.29 is 9.47 Å². The van der Waals surface area contributed by atoms with Gasteiger partial charge in [0.05, 0.1) is 13.2 Å². The van der Waals surface area contributed by atoms with Crippen LogP contribution < -0.4 is 0 Å². The minimum Gasteiger partial charge on any atom is -0.348 e. The van der Waals surface area contributed by atoms with Gasteiger partial charge in [-0.3, -0.25) is 0 Å². The number of allylic oxidation sites excluding steroid dienone is 1. The van der Waals surface area contributed by atoms with E-state index in [1.165, 1.54) is 31.2 Å². The molecule has 0 aromatic heterocycles. The first-order valence-corrected chi connectivity index (χ1v) is 10.3. The molecule has 0 amide bonds. The monoisotopic (exact) mass is 382 g/mol. The normalized spacial score (nSPS) is 28.6. The molecule has 0 spiro atoms. The zero-order chi connectivity index (χ0) is 18.6. The Kier molecular flexibility index (Phi) is 5.97. The Hall–Kier alpha value is -1.61. The van der Waals surface area contributed by atoms with Crippen LogP contribution in [0.15, 0.2) is 61.2 Å². The highest BCUT2D eigenvalue weighted by Gasteiger charge is 2.31. The quantitative estimate of drug-likeness (QED) is 0.550. The Bertz CT molecular complexity index is 737. The number of hydrogen-bond acceptors (Lipinski definition) is 2. The molecule has 1 saturated heterocycles. The summed E-state index contributed by atoms with van der Waals surface area (Å²) in [5, 5.41) is 0.756. The maximum atomic E-state index is 6.08. The highest BCUT2D eigenvalue weighted by atomic mass is 35.5. The van der Waals surface area contributed by atoms with Crippen LogP contribution in [-0.4, -0.2) is 13.2 Å². The summed E-state index contributed by atoms with van der Waals surface area (Å²) in [5.74, 6) is 1.97. The third-order valence-corrected chi connectivity index (χ3v) is 6.35. The summed E-state index contributed by atoms with van der Waals surface area (Å²) in [6.45, 7) is 5.54. The number of ether oxygens (including phenoxy) is 2. The van der Waals surface area contributed by atoms with Gasteiger partial charge >= 0.3 is 0 Å². The lowest BCUT2D eigenvalue weighted by Gasteiger charge is -2.37. The summed E-state index contributed by atoms with van der Waals surface area (Å²) in [6, 6.07) is 16.4. The molecule has 3 heteroatoms. The molecule has 2 fully saturated rings. The summed E-state index contributed by atoms with van der Waals surface area (Å²) >= 11 is 5.97. The Labute approximate surface area is 167 Å². The van der Waals surface area contributed by atoms with E-state index in [2.05, 4.69) is 36.9 Å². The van der Waals surface area contributed by atoms with Crippen molar-refractivity contribution in [1.82, 2.24) is 0 Å². The fraction of sp³-hybridized carbons (Fsp3) is 0.417. The van der Waals surface area contributed by atoms with Gasteiger partial charge < -0.3 is 9.47 Å². The first-order chi connectivity index (χ1) is 13.2. The summed E-state index contributed by atoms with van der Waals surface area (Å²) in [5.41, 5.74) is 3.41. The standard InChI is InChI=1S/C24H27ClO2/c1-2-17-3-5-20(6-4-17)22-15-26-24(27-16-22)21-9-7-18(8-10-21)19-11-13-23(25)14-12-19/h2,7-14,17,20,22,24H,1,3-6,15-16H2/t17-,20-,22-,24-. The topological polar surface area (TPSA) is 18.5 Å². The van der Waals surface area contributed by atoms with E-state index in [1.54, 1.807) is 0 Å². The molecule has 0 N–H and O–H groups in total. The highest BCUT2D eigenvalue weighted by molar-refractivity contribution is 6.30. The molecule has 4 rings (SSSR count). The summed E-state index contributed by atoms with van der Waals surface area (Å²) in [7, 11) is 0. The van der Waals surface area contributed by atoms with E-state index in [-0.39, 0.29) is 6.29 Å². The molecule has 0 unspecified atom stereocenters. The van der Waals surface area contributed by atoms with Crippen molar-refractivity contribution in [3.8, 4) is 11.1 Å². The Morgan fingerprint density at radius 2 is 1.33 bits per heavy atom. The van der Waals surface area contributed by atoms with Crippen molar-refractivity contribution in [2.24, 2.45) is 17.8 Å². The van der Waals surface area contributed by atoms with E-state index in [4.69, 9.17) is 21.1 Å². The molecule has 2 aromatic rings. The van der Waals surface area contributed by atoms with Crippen LogP contribution in [0.5, 0.6) is 0 Å². The molecule has 1 heterocycles. The van der Waals surface area contributed by atoms with Crippen molar-refractivity contribution in [2.75, 3.05) is 13.2 Å². The van der Waals surface area contributed by atoms with E-state index in [1.807, 2.05) is 24.3 Å². The highest BCUT2D eigenvalue weighted by Crippen LogP contribution is 2.37. The fourth-order valence-electron chi connectivity index (χ4n) is 4.31. The van der Waals surface area contributed by atoms with Gasteiger partial charge in [0.1, 0.15) is 0 Å². The zero-order valence-electron chi connectivity index (χ0n) is 15.6. The fourth-order valence-corrected chi connectivity index (χ4v) is 4.44. The second-order valence-corrected chi connectivity index (χ2v) is 8.23. The zero-order valence-corrected chi connectivity index (χ0v) is 16.4. The number of rotatable bonds is 4. The van der Waals surface area contributed by atoms with E-state index in [0.717, 1.165) is 35.3 Å².